The molecule has 144 valence electrons. The van der Waals surface area contributed by atoms with Gasteiger partial charge in [0, 0.05) is 37.0 Å². The maximum absolute atomic E-state index is 12.5. The third-order valence-corrected chi connectivity index (χ3v) is 5.83. The van der Waals surface area contributed by atoms with Gasteiger partial charge in [-0.15, -0.1) is 0 Å². The third-order valence-electron chi connectivity index (χ3n) is 5.83. The van der Waals surface area contributed by atoms with E-state index in [1.54, 1.807) is 0 Å². The molecule has 0 radical (unpaired) electrons. The number of benzene rings is 1. The Bertz CT molecular complexity index is 811. The summed E-state index contributed by atoms with van der Waals surface area (Å²) in [6.07, 6.45) is 4.15. The van der Waals surface area contributed by atoms with Crippen LogP contribution < -0.4 is 11.1 Å². The van der Waals surface area contributed by atoms with Gasteiger partial charge in [0.1, 0.15) is 5.82 Å². The van der Waals surface area contributed by atoms with Crippen molar-refractivity contribution in [2.24, 2.45) is 5.41 Å². The topological polar surface area (TPSA) is 86.5 Å². The Morgan fingerprint density at radius 2 is 2.22 bits per heavy atom. The van der Waals surface area contributed by atoms with Crippen molar-refractivity contribution in [3.63, 3.8) is 0 Å². The van der Waals surface area contributed by atoms with Crippen molar-refractivity contribution < 1.29 is 14.3 Å². The van der Waals surface area contributed by atoms with Crippen molar-refractivity contribution in [3.8, 4) is 0 Å². The Morgan fingerprint density at radius 1 is 1.33 bits per heavy atom. The van der Waals surface area contributed by atoms with E-state index < -0.39 is 0 Å². The first-order valence-corrected chi connectivity index (χ1v) is 9.76. The zero-order chi connectivity index (χ0) is 18.7. The van der Waals surface area contributed by atoms with Crippen molar-refractivity contribution in [1.29, 1.82) is 0 Å². The highest BCUT2D eigenvalue weighted by Gasteiger charge is 2.44. The monoisotopic (exact) mass is 369 g/mol. The number of hydrogen-bond donors (Lipinski definition) is 2. The van der Waals surface area contributed by atoms with Crippen molar-refractivity contribution >= 4 is 22.6 Å². The molecule has 2 aliphatic heterocycles. The molecule has 0 saturated carbocycles. The molecule has 6 heteroatoms. The Balaban J connectivity index is 1.35. The van der Waals surface area contributed by atoms with E-state index in [4.69, 9.17) is 15.2 Å². The van der Waals surface area contributed by atoms with Crippen LogP contribution in [0.5, 0.6) is 0 Å². The lowest BCUT2D eigenvalue weighted by atomic mass is 9.74. The molecule has 2 aromatic rings. The van der Waals surface area contributed by atoms with Crippen molar-refractivity contribution in [1.82, 2.24) is 10.3 Å². The summed E-state index contributed by atoms with van der Waals surface area (Å²) in [5.74, 6) is 0.536. The molecule has 3 heterocycles. The molecule has 0 spiro atoms. The molecule has 4 rings (SSSR count). The molecule has 2 atom stereocenters. The number of amides is 1. The van der Waals surface area contributed by atoms with Crippen LogP contribution in [0.1, 0.15) is 31.2 Å². The molecule has 0 bridgehead atoms. The summed E-state index contributed by atoms with van der Waals surface area (Å²) in [5, 5.41) is 4.15. The second kappa shape index (κ2) is 7.82. The average Bonchev–Trinajstić information content (AvgIpc) is 2.70. The molecule has 27 heavy (non-hydrogen) atoms. The van der Waals surface area contributed by atoms with Gasteiger partial charge >= 0.3 is 0 Å². The van der Waals surface area contributed by atoms with E-state index in [-0.39, 0.29) is 17.4 Å². The zero-order valence-electron chi connectivity index (χ0n) is 15.6. The Morgan fingerprint density at radius 3 is 3.15 bits per heavy atom. The van der Waals surface area contributed by atoms with E-state index in [0.29, 0.717) is 31.8 Å². The van der Waals surface area contributed by atoms with Gasteiger partial charge in [-0.3, -0.25) is 4.79 Å². The highest BCUT2D eigenvalue weighted by Crippen LogP contribution is 2.38. The van der Waals surface area contributed by atoms with E-state index in [9.17, 15) is 4.79 Å². The van der Waals surface area contributed by atoms with Gasteiger partial charge in [-0.05, 0) is 43.4 Å². The number of carbonyl (C=O) groups is 1. The molecule has 1 amide bonds. The maximum atomic E-state index is 12.5. The van der Waals surface area contributed by atoms with Crippen molar-refractivity contribution in [3.05, 3.63) is 35.9 Å². The lowest BCUT2D eigenvalue weighted by molar-refractivity contribution is -0.158. The number of carbonyl (C=O) groups excluding carboxylic acids is 1. The molecular formula is C21H27N3O3. The Hall–Kier alpha value is -2.18. The Kier molecular flexibility index (Phi) is 5.27. The predicted molar refractivity (Wildman–Crippen MR) is 104 cm³/mol. The fraction of sp³-hybridized carbons (Fsp3) is 0.524. The second-order valence-corrected chi connectivity index (χ2v) is 7.67. The molecule has 1 aromatic heterocycles. The maximum Gasteiger partial charge on any atom is 0.220 e. The molecule has 0 unspecified atom stereocenters. The van der Waals surface area contributed by atoms with Crippen LogP contribution in [0.3, 0.4) is 0 Å². The SMILES string of the molecule is Nc1nc2ccccc2cc1CCC(=O)NC[C@@]12CCCO[C@@H]1CCOC2. The van der Waals surface area contributed by atoms with Crippen molar-refractivity contribution in [2.45, 2.75) is 38.2 Å². The predicted octanol–water partition coefficient (Wildman–Crippen LogP) is 2.45. The van der Waals surface area contributed by atoms with Gasteiger partial charge in [-0.2, -0.15) is 0 Å². The first kappa shape index (κ1) is 18.2. The summed E-state index contributed by atoms with van der Waals surface area (Å²) in [5.41, 5.74) is 7.80. The number of hydrogen-bond acceptors (Lipinski definition) is 5. The first-order valence-electron chi connectivity index (χ1n) is 9.76. The second-order valence-electron chi connectivity index (χ2n) is 7.67. The van der Waals surface area contributed by atoms with Crippen LogP contribution in [0, 0.1) is 5.41 Å². The number of rotatable bonds is 5. The quantitative estimate of drug-likeness (QED) is 0.845. The number of aromatic nitrogens is 1. The van der Waals surface area contributed by atoms with E-state index >= 15 is 0 Å². The van der Waals surface area contributed by atoms with Gasteiger partial charge in [0.15, 0.2) is 0 Å². The van der Waals surface area contributed by atoms with Gasteiger partial charge in [0.05, 0.1) is 18.2 Å². The van der Waals surface area contributed by atoms with E-state index in [2.05, 4.69) is 10.3 Å². The number of fused-ring (bicyclic) bond motifs is 2. The normalized spacial score (nSPS) is 25.1. The largest absolute Gasteiger partial charge is 0.383 e. The highest BCUT2D eigenvalue weighted by molar-refractivity contribution is 5.82. The number of para-hydroxylation sites is 1. The van der Waals surface area contributed by atoms with Gasteiger partial charge in [0.2, 0.25) is 5.91 Å². The molecular weight excluding hydrogens is 342 g/mol. The molecule has 3 N–H and O–H groups in total. The number of ether oxygens (including phenoxy) is 2. The standard InChI is InChI=1S/C21H27N3O3/c22-20-16(12-15-4-1-2-5-17(15)24-20)6-7-19(25)23-13-21-9-3-10-27-18(21)8-11-26-14-21/h1-2,4-5,12,18H,3,6-11,13-14H2,(H2,22,24)(H,23,25)/t18-,21-/m1/s1. The zero-order valence-corrected chi connectivity index (χ0v) is 15.6. The molecule has 2 saturated heterocycles. The minimum absolute atomic E-state index is 0.0341. The third kappa shape index (κ3) is 3.92. The number of anilines is 1. The van der Waals surface area contributed by atoms with Gasteiger partial charge in [-0.25, -0.2) is 4.98 Å². The van der Waals surface area contributed by atoms with Crippen molar-refractivity contribution in [2.75, 3.05) is 32.1 Å². The molecule has 6 nitrogen and oxygen atoms in total. The van der Waals surface area contributed by atoms with Crippen LogP contribution in [-0.2, 0) is 20.7 Å². The summed E-state index contributed by atoms with van der Waals surface area (Å²) >= 11 is 0. The summed E-state index contributed by atoms with van der Waals surface area (Å²) < 4.78 is 11.7. The van der Waals surface area contributed by atoms with Gasteiger partial charge < -0.3 is 20.5 Å². The lowest BCUT2D eigenvalue weighted by Gasteiger charge is -2.46. The molecule has 1 aromatic carbocycles. The highest BCUT2D eigenvalue weighted by atomic mass is 16.5. The smallest absolute Gasteiger partial charge is 0.220 e. The van der Waals surface area contributed by atoms with Gasteiger partial charge in [0.25, 0.3) is 0 Å². The first-order chi connectivity index (χ1) is 13.2. The summed E-state index contributed by atoms with van der Waals surface area (Å²) in [6.45, 7) is 2.84. The fourth-order valence-corrected chi connectivity index (χ4v) is 4.25. The van der Waals surface area contributed by atoms with Crippen LogP contribution >= 0.6 is 0 Å². The number of nitrogens with one attached hydrogen (secondary N) is 1. The number of nitrogens with zero attached hydrogens (tertiary/aromatic N) is 1. The van der Waals surface area contributed by atoms with Crippen LogP contribution in [0.15, 0.2) is 30.3 Å². The van der Waals surface area contributed by atoms with E-state index in [1.165, 1.54) is 0 Å². The van der Waals surface area contributed by atoms with E-state index in [0.717, 1.165) is 48.9 Å². The lowest BCUT2D eigenvalue weighted by Crippen LogP contribution is -2.54. The van der Waals surface area contributed by atoms with Crippen LogP contribution in [0.25, 0.3) is 10.9 Å². The van der Waals surface area contributed by atoms with Crippen LogP contribution in [-0.4, -0.2) is 43.4 Å². The van der Waals surface area contributed by atoms with Crippen LogP contribution in [0.4, 0.5) is 5.82 Å². The molecule has 2 aliphatic rings. The molecule has 2 fully saturated rings. The number of nitrogens with two attached hydrogens (primary N) is 1. The minimum atomic E-state index is -0.0737. The van der Waals surface area contributed by atoms with E-state index in [1.807, 2.05) is 30.3 Å². The molecule has 0 aliphatic carbocycles. The number of pyridine rings is 1. The Labute approximate surface area is 159 Å². The summed E-state index contributed by atoms with van der Waals surface area (Å²) in [4.78, 5) is 16.9. The fourth-order valence-electron chi connectivity index (χ4n) is 4.25. The van der Waals surface area contributed by atoms with Gasteiger partial charge in [-0.1, -0.05) is 18.2 Å². The minimum Gasteiger partial charge on any atom is -0.383 e. The number of aryl methyl sites for hydroxylation is 1. The van der Waals surface area contributed by atoms with Crippen LogP contribution in [0.2, 0.25) is 0 Å². The summed E-state index contributed by atoms with van der Waals surface area (Å²) in [7, 11) is 0. The summed E-state index contributed by atoms with van der Waals surface area (Å²) in [6, 6.07) is 9.90. The average molecular weight is 369 g/mol. The number of nitrogen functional groups attached to an aromatic ring is 1.